The lowest BCUT2D eigenvalue weighted by Gasteiger charge is -2.27. The van der Waals surface area contributed by atoms with Crippen molar-refractivity contribution in [1.82, 2.24) is 14.8 Å². The number of carbonyl (C=O) groups is 1. The van der Waals surface area contributed by atoms with E-state index >= 15 is 0 Å². The molecule has 0 saturated carbocycles. The number of Topliss-reactive ketones (excluding diaryl/α,β-unsaturated/α-hetero) is 1. The number of hydrogen-bond donors (Lipinski definition) is 0. The monoisotopic (exact) mass is 418 g/mol. The molecule has 3 aromatic heterocycles. The topological polar surface area (TPSA) is 73.4 Å². The van der Waals surface area contributed by atoms with Gasteiger partial charge in [0.25, 0.3) is 0 Å². The van der Waals surface area contributed by atoms with Crippen molar-refractivity contribution in [1.29, 1.82) is 0 Å². The Morgan fingerprint density at radius 3 is 2.79 bits per heavy atom. The van der Waals surface area contributed by atoms with E-state index in [0.717, 1.165) is 45.3 Å². The lowest BCUT2D eigenvalue weighted by Crippen LogP contribution is -2.38. The third-order valence-corrected chi connectivity index (χ3v) is 6.49. The van der Waals surface area contributed by atoms with Crippen LogP contribution in [0, 0.1) is 13.8 Å². The first-order valence-electron chi connectivity index (χ1n) is 9.13. The standard InChI is InChI=1S/C19H22N4O3S2/c1-13-10-16(14(2)28-13)17(24)12-27-19-21-20-18(22-5-8-25-9-6-22)23(19)11-15-4-3-7-26-15/h3-4,7,10H,5-6,8-9,11-12H2,1-2H3. The Kier molecular flexibility index (Phi) is 5.84. The summed E-state index contributed by atoms with van der Waals surface area (Å²) in [5.74, 6) is 2.06. The molecule has 28 heavy (non-hydrogen) atoms. The van der Waals surface area contributed by atoms with Gasteiger partial charge in [0.05, 0.1) is 31.8 Å². The van der Waals surface area contributed by atoms with E-state index in [4.69, 9.17) is 9.15 Å². The zero-order valence-electron chi connectivity index (χ0n) is 15.9. The number of nitrogens with zero attached hydrogens (tertiary/aromatic N) is 4. The molecule has 0 spiro atoms. The van der Waals surface area contributed by atoms with Gasteiger partial charge in [-0.3, -0.25) is 9.36 Å². The lowest BCUT2D eigenvalue weighted by atomic mass is 10.2. The Morgan fingerprint density at radius 2 is 2.11 bits per heavy atom. The smallest absolute Gasteiger partial charge is 0.228 e. The highest BCUT2D eigenvalue weighted by molar-refractivity contribution is 7.99. The zero-order chi connectivity index (χ0) is 19.5. The Balaban J connectivity index is 1.54. The van der Waals surface area contributed by atoms with E-state index in [1.807, 2.05) is 36.6 Å². The largest absolute Gasteiger partial charge is 0.467 e. The second-order valence-electron chi connectivity index (χ2n) is 6.59. The molecule has 0 atom stereocenters. The van der Waals surface area contributed by atoms with Crippen molar-refractivity contribution in [2.45, 2.75) is 25.5 Å². The summed E-state index contributed by atoms with van der Waals surface area (Å²) in [6.45, 7) is 7.43. The van der Waals surface area contributed by atoms with E-state index in [2.05, 4.69) is 15.1 Å². The average molecular weight is 419 g/mol. The Hall–Kier alpha value is -2.10. The minimum absolute atomic E-state index is 0.118. The third-order valence-electron chi connectivity index (χ3n) is 4.56. The van der Waals surface area contributed by atoms with Crippen LogP contribution < -0.4 is 4.90 Å². The quantitative estimate of drug-likeness (QED) is 0.430. The van der Waals surface area contributed by atoms with E-state index in [1.165, 1.54) is 11.8 Å². The van der Waals surface area contributed by atoms with Crippen LogP contribution in [-0.2, 0) is 11.3 Å². The van der Waals surface area contributed by atoms with Crippen molar-refractivity contribution in [3.05, 3.63) is 45.5 Å². The first kappa shape index (κ1) is 19.2. The molecule has 0 bridgehead atoms. The highest BCUT2D eigenvalue weighted by atomic mass is 32.2. The highest BCUT2D eigenvalue weighted by Gasteiger charge is 2.22. The number of hydrogen-bond acceptors (Lipinski definition) is 8. The molecule has 1 fully saturated rings. The minimum Gasteiger partial charge on any atom is -0.467 e. The summed E-state index contributed by atoms with van der Waals surface area (Å²) in [5.41, 5.74) is 0.806. The number of thiophene rings is 1. The number of ether oxygens (including phenoxy) is 1. The van der Waals surface area contributed by atoms with Gasteiger partial charge in [0.15, 0.2) is 10.9 Å². The Bertz CT molecular complexity index is 943. The molecule has 148 valence electrons. The van der Waals surface area contributed by atoms with Crippen molar-refractivity contribution in [3.63, 3.8) is 0 Å². The van der Waals surface area contributed by atoms with Crippen LogP contribution in [-0.4, -0.2) is 52.6 Å². The number of ketones is 1. The van der Waals surface area contributed by atoms with Crippen LogP contribution in [0.25, 0.3) is 0 Å². The van der Waals surface area contributed by atoms with Crippen LogP contribution >= 0.6 is 23.1 Å². The normalized spacial score (nSPS) is 14.6. The van der Waals surface area contributed by atoms with Gasteiger partial charge in [-0.2, -0.15) is 0 Å². The van der Waals surface area contributed by atoms with Crippen LogP contribution in [0.1, 0.15) is 25.9 Å². The molecule has 1 saturated heterocycles. The van der Waals surface area contributed by atoms with Gasteiger partial charge in [-0.1, -0.05) is 11.8 Å². The summed E-state index contributed by atoms with van der Waals surface area (Å²) in [4.78, 5) is 17.1. The first-order valence-corrected chi connectivity index (χ1v) is 10.9. The summed E-state index contributed by atoms with van der Waals surface area (Å²) in [7, 11) is 0. The number of carbonyl (C=O) groups excluding carboxylic acids is 1. The van der Waals surface area contributed by atoms with Crippen LogP contribution in [0.15, 0.2) is 34.0 Å². The Morgan fingerprint density at radius 1 is 1.29 bits per heavy atom. The SMILES string of the molecule is Cc1cc(C(=O)CSc2nnc(N3CCOCC3)n2Cc2ccco2)c(C)s1. The van der Waals surface area contributed by atoms with Crippen LogP contribution in [0.4, 0.5) is 5.95 Å². The number of aromatic nitrogens is 3. The van der Waals surface area contributed by atoms with Crippen molar-refractivity contribution in [3.8, 4) is 0 Å². The molecule has 0 aliphatic carbocycles. The molecule has 4 heterocycles. The van der Waals surface area contributed by atoms with Crippen molar-refractivity contribution < 1.29 is 13.9 Å². The van der Waals surface area contributed by atoms with Gasteiger partial charge in [-0.05, 0) is 32.0 Å². The van der Waals surface area contributed by atoms with E-state index in [0.29, 0.717) is 25.5 Å². The predicted molar refractivity (Wildman–Crippen MR) is 110 cm³/mol. The van der Waals surface area contributed by atoms with Gasteiger partial charge in [-0.25, -0.2) is 0 Å². The highest BCUT2D eigenvalue weighted by Crippen LogP contribution is 2.27. The fraction of sp³-hybridized carbons (Fsp3) is 0.421. The summed E-state index contributed by atoms with van der Waals surface area (Å²) in [6, 6.07) is 5.77. The summed E-state index contributed by atoms with van der Waals surface area (Å²) >= 11 is 3.07. The predicted octanol–water partition coefficient (Wildman–Crippen LogP) is 3.41. The lowest BCUT2D eigenvalue weighted by molar-refractivity contribution is 0.102. The number of rotatable bonds is 7. The fourth-order valence-corrected chi connectivity index (χ4v) is 4.96. The maximum Gasteiger partial charge on any atom is 0.228 e. The van der Waals surface area contributed by atoms with E-state index < -0.39 is 0 Å². The van der Waals surface area contributed by atoms with Gasteiger partial charge in [0.2, 0.25) is 5.95 Å². The van der Waals surface area contributed by atoms with E-state index in [9.17, 15) is 4.79 Å². The average Bonchev–Trinajstić information content (AvgIpc) is 3.42. The molecule has 0 radical (unpaired) electrons. The summed E-state index contributed by atoms with van der Waals surface area (Å²) in [5, 5.41) is 9.49. The van der Waals surface area contributed by atoms with Crippen LogP contribution in [0.3, 0.4) is 0 Å². The molecule has 9 heteroatoms. The maximum absolute atomic E-state index is 12.7. The van der Waals surface area contributed by atoms with Crippen molar-refractivity contribution in [2.24, 2.45) is 0 Å². The second-order valence-corrected chi connectivity index (χ2v) is 8.99. The fourth-order valence-electron chi connectivity index (χ4n) is 3.20. The number of morpholine rings is 1. The number of aryl methyl sites for hydroxylation is 2. The number of furan rings is 1. The van der Waals surface area contributed by atoms with Gasteiger partial charge in [-0.15, -0.1) is 21.5 Å². The second kappa shape index (κ2) is 8.50. The summed E-state index contributed by atoms with van der Waals surface area (Å²) in [6.07, 6.45) is 1.66. The molecule has 1 aliphatic rings. The third kappa shape index (κ3) is 4.16. The molecule has 0 N–H and O–H groups in total. The molecule has 0 aromatic carbocycles. The van der Waals surface area contributed by atoms with Crippen molar-refractivity contribution >= 4 is 34.8 Å². The first-order chi connectivity index (χ1) is 13.6. The maximum atomic E-state index is 12.7. The molecule has 0 amide bonds. The van der Waals surface area contributed by atoms with Gasteiger partial charge >= 0.3 is 0 Å². The van der Waals surface area contributed by atoms with E-state index in [-0.39, 0.29) is 5.78 Å². The molecule has 0 unspecified atom stereocenters. The number of anilines is 1. The van der Waals surface area contributed by atoms with Crippen LogP contribution in [0.2, 0.25) is 0 Å². The number of thioether (sulfide) groups is 1. The molecule has 7 nitrogen and oxygen atoms in total. The zero-order valence-corrected chi connectivity index (χ0v) is 17.5. The molecule has 4 rings (SSSR count). The summed E-state index contributed by atoms with van der Waals surface area (Å²) < 4.78 is 13.0. The molecular weight excluding hydrogens is 396 g/mol. The van der Waals surface area contributed by atoms with Crippen LogP contribution in [0.5, 0.6) is 0 Å². The molecule has 1 aliphatic heterocycles. The Labute approximate surface area is 171 Å². The van der Waals surface area contributed by atoms with E-state index in [1.54, 1.807) is 17.6 Å². The molecule has 3 aromatic rings. The van der Waals surface area contributed by atoms with Gasteiger partial charge < -0.3 is 14.1 Å². The van der Waals surface area contributed by atoms with Gasteiger partial charge in [0.1, 0.15) is 5.76 Å². The minimum atomic E-state index is 0.118. The molecular formula is C19H22N4O3S2. The van der Waals surface area contributed by atoms with Gasteiger partial charge in [0, 0.05) is 28.4 Å². The van der Waals surface area contributed by atoms with Crippen molar-refractivity contribution in [2.75, 3.05) is 37.0 Å².